The summed E-state index contributed by atoms with van der Waals surface area (Å²) in [6, 6.07) is 0. The molecule has 6 heteroatoms. The number of likely N-dealkylation sites (tertiary alicyclic amines) is 1. The van der Waals surface area contributed by atoms with Crippen LogP contribution in [0.1, 0.15) is 45.4 Å². The van der Waals surface area contributed by atoms with Crippen molar-refractivity contribution in [2.24, 2.45) is 5.73 Å². The van der Waals surface area contributed by atoms with Gasteiger partial charge in [-0.3, -0.25) is 0 Å². The number of hydrogen-bond acceptors (Lipinski definition) is 5. The van der Waals surface area contributed by atoms with E-state index in [1.54, 1.807) is 0 Å². The minimum atomic E-state index is -2.92. The van der Waals surface area contributed by atoms with Crippen LogP contribution in [0.4, 0.5) is 0 Å². The molecule has 0 amide bonds. The van der Waals surface area contributed by atoms with Gasteiger partial charge in [0.1, 0.15) is 9.84 Å². The van der Waals surface area contributed by atoms with Crippen LogP contribution in [0.25, 0.3) is 0 Å². The molecule has 0 unspecified atom stereocenters. The molecule has 0 aromatic heterocycles. The van der Waals surface area contributed by atoms with E-state index in [9.17, 15) is 8.42 Å². The van der Waals surface area contributed by atoms with E-state index in [1.165, 1.54) is 31.9 Å². The fourth-order valence-electron chi connectivity index (χ4n) is 3.36. The summed E-state index contributed by atoms with van der Waals surface area (Å²) in [7, 11) is -2.92. The second-order valence-electron chi connectivity index (χ2n) is 6.77. The highest BCUT2D eigenvalue weighted by atomic mass is 32.2. The highest BCUT2D eigenvalue weighted by Gasteiger charge is 2.28. The van der Waals surface area contributed by atoms with Crippen LogP contribution in [-0.2, 0) is 9.84 Å². The molecule has 0 atom stereocenters. The third kappa shape index (κ3) is 5.16. The van der Waals surface area contributed by atoms with E-state index in [1.807, 2.05) is 0 Å². The number of hydrogen-bond donors (Lipinski definition) is 1. The molecule has 0 aromatic carbocycles. The summed E-state index contributed by atoms with van der Waals surface area (Å²) >= 11 is 0. The maximum Gasteiger partial charge on any atom is 0.150 e. The van der Waals surface area contributed by atoms with Gasteiger partial charge in [0, 0.05) is 32.1 Å². The lowest BCUT2D eigenvalue weighted by atomic mass is 10.1. The topological polar surface area (TPSA) is 66.6 Å². The van der Waals surface area contributed by atoms with Crippen LogP contribution in [0.3, 0.4) is 0 Å². The Morgan fingerprint density at radius 2 is 1.91 bits per heavy atom. The van der Waals surface area contributed by atoms with E-state index >= 15 is 0 Å². The summed E-state index contributed by atoms with van der Waals surface area (Å²) < 4.78 is 23.3. The van der Waals surface area contributed by atoms with E-state index in [-0.39, 0.29) is 5.25 Å². The molecule has 2 aliphatic heterocycles. The lowest BCUT2D eigenvalue weighted by Crippen LogP contribution is -2.41. The SMILES string of the molecule is CCCCCCN1C=CC(N2CCC(S(C)(=O)=O)CC2)=C(N)C1. The largest absolute Gasteiger partial charge is 0.399 e. The minimum Gasteiger partial charge on any atom is -0.399 e. The van der Waals surface area contributed by atoms with Crippen LogP contribution in [0.5, 0.6) is 0 Å². The molecule has 23 heavy (non-hydrogen) atoms. The zero-order valence-electron chi connectivity index (χ0n) is 14.5. The standard InChI is InChI=1S/C17H31N3O2S/c1-3-4-5-6-10-19-11-9-17(16(18)14-19)20-12-7-15(8-13-20)23(2,21)22/h9,11,15H,3-8,10,12-14,18H2,1-2H3. The Morgan fingerprint density at radius 1 is 1.22 bits per heavy atom. The Balaban J connectivity index is 1.84. The van der Waals surface area contributed by atoms with Crippen LogP contribution >= 0.6 is 0 Å². The van der Waals surface area contributed by atoms with Gasteiger partial charge in [-0.1, -0.05) is 26.2 Å². The number of sulfone groups is 1. The first-order valence-corrected chi connectivity index (χ1v) is 10.7. The monoisotopic (exact) mass is 341 g/mol. The Morgan fingerprint density at radius 3 is 2.48 bits per heavy atom. The smallest absolute Gasteiger partial charge is 0.150 e. The van der Waals surface area contributed by atoms with Crippen molar-refractivity contribution < 1.29 is 8.42 Å². The summed E-state index contributed by atoms with van der Waals surface area (Å²) in [6.07, 6.45) is 12.0. The van der Waals surface area contributed by atoms with Gasteiger partial charge in [-0.15, -0.1) is 0 Å². The normalized spacial score (nSPS) is 20.4. The van der Waals surface area contributed by atoms with Gasteiger partial charge in [-0.05, 0) is 25.3 Å². The lowest BCUT2D eigenvalue weighted by molar-refractivity contribution is 0.281. The number of allylic oxidation sites excluding steroid dienone is 1. The molecule has 2 N–H and O–H groups in total. The lowest BCUT2D eigenvalue weighted by Gasteiger charge is -2.36. The predicted molar refractivity (Wildman–Crippen MR) is 95.5 cm³/mol. The summed E-state index contributed by atoms with van der Waals surface area (Å²) in [4.78, 5) is 4.51. The summed E-state index contributed by atoms with van der Waals surface area (Å²) in [5.41, 5.74) is 8.27. The molecule has 0 saturated carbocycles. The molecular formula is C17H31N3O2S. The average Bonchev–Trinajstić information content (AvgIpc) is 2.51. The molecule has 0 spiro atoms. The van der Waals surface area contributed by atoms with Crippen molar-refractivity contribution in [3.8, 4) is 0 Å². The van der Waals surface area contributed by atoms with Crippen molar-refractivity contribution in [3.05, 3.63) is 23.7 Å². The van der Waals surface area contributed by atoms with Crippen molar-refractivity contribution in [3.63, 3.8) is 0 Å². The molecule has 2 aliphatic rings. The van der Waals surface area contributed by atoms with Gasteiger partial charge in [0.15, 0.2) is 0 Å². The van der Waals surface area contributed by atoms with Crippen molar-refractivity contribution in [2.45, 2.75) is 50.7 Å². The molecule has 0 radical (unpaired) electrons. The summed E-state index contributed by atoms with van der Waals surface area (Å²) in [5, 5.41) is -0.191. The van der Waals surface area contributed by atoms with Gasteiger partial charge >= 0.3 is 0 Å². The van der Waals surface area contributed by atoms with Crippen LogP contribution in [0.2, 0.25) is 0 Å². The fraction of sp³-hybridized carbons (Fsp3) is 0.765. The number of nitrogens with two attached hydrogens (primary N) is 1. The van der Waals surface area contributed by atoms with Crippen molar-refractivity contribution in [1.82, 2.24) is 9.80 Å². The second kappa shape index (κ2) is 8.08. The molecule has 1 saturated heterocycles. The number of rotatable bonds is 7. The van der Waals surface area contributed by atoms with Gasteiger partial charge in [0.2, 0.25) is 0 Å². The zero-order valence-corrected chi connectivity index (χ0v) is 15.3. The fourth-order valence-corrected chi connectivity index (χ4v) is 4.43. The van der Waals surface area contributed by atoms with Crippen molar-refractivity contribution >= 4 is 9.84 Å². The molecule has 0 bridgehead atoms. The van der Waals surface area contributed by atoms with Gasteiger partial charge in [0.25, 0.3) is 0 Å². The molecule has 0 aromatic rings. The van der Waals surface area contributed by atoms with Gasteiger partial charge in [-0.2, -0.15) is 0 Å². The van der Waals surface area contributed by atoms with Gasteiger partial charge in [0.05, 0.1) is 23.2 Å². The number of unbranched alkanes of at least 4 members (excludes halogenated alkanes) is 3. The summed E-state index contributed by atoms with van der Waals surface area (Å²) in [6.45, 7) is 5.61. The zero-order chi connectivity index (χ0) is 16.9. The quantitative estimate of drug-likeness (QED) is 0.718. The maximum atomic E-state index is 11.6. The van der Waals surface area contributed by atoms with Crippen LogP contribution < -0.4 is 5.73 Å². The third-order valence-electron chi connectivity index (χ3n) is 4.83. The highest BCUT2D eigenvalue weighted by Crippen LogP contribution is 2.24. The maximum absolute atomic E-state index is 11.6. The number of nitrogens with zero attached hydrogens (tertiary/aromatic N) is 2. The molecule has 0 aliphatic carbocycles. The van der Waals surface area contributed by atoms with Gasteiger partial charge < -0.3 is 15.5 Å². The van der Waals surface area contributed by atoms with Gasteiger partial charge in [-0.25, -0.2) is 8.42 Å². The Labute approximate surface area is 141 Å². The van der Waals surface area contributed by atoms with E-state index in [0.717, 1.165) is 37.6 Å². The van der Waals surface area contributed by atoms with Crippen molar-refractivity contribution in [2.75, 3.05) is 32.4 Å². The third-order valence-corrected chi connectivity index (χ3v) is 6.52. The Kier molecular flexibility index (Phi) is 6.39. The minimum absolute atomic E-state index is 0.191. The molecule has 2 heterocycles. The van der Waals surface area contributed by atoms with Crippen LogP contribution in [0, 0.1) is 0 Å². The highest BCUT2D eigenvalue weighted by molar-refractivity contribution is 7.91. The molecule has 1 fully saturated rings. The molecule has 5 nitrogen and oxygen atoms in total. The summed E-state index contributed by atoms with van der Waals surface area (Å²) in [5.74, 6) is 0. The van der Waals surface area contributed by atoms with Crippen LogP contribution in [-0.4, -0.2) is 55.9 Å². The average molecular weight is 342 g/mol. The second-order valence-corrected chi connectivity index (χ2v) is 9.10. The molecular weight excluding hydrogens is 310 g/mol. The number of piperidine rings is 1. The van der Waals surface area contributed by atoms with E-state index < -0.39 is 9.84 Å². The Bertz CT molecular complexity index is 546. The molecule has 2 rings (SSSR count). The predicted octanol–water partition coefficient (Wildman–Crippen LogP) is 2.08. The molecule has 132 valence electrons. The van der Waals surface area contributed by atoms with Crippen molar-refractivity contribution in [1.29, 1.82) is 0 Å². The first-order chi connectivity index (χ1) is 10.9. The van der Waals surface area contributed by atoms with Crippen LogP contribution in [0.15, 0.2) is 23.7 Å². The Hall–Kier alpha value is -1.17. The first kappa shape index (κ1) is 18.2. The van der Waals surface area contributed by atoms with E-state index in [0.29, 0.717) is 12.8 Å². The first-order valence-electron chi connectivity index (χ1n) is 8.76. The van der Waals surface area contributed by atoms with E-state index in [4.69, 9.17) is 5.73 Å². The van der Waals surface area contributed by atoms with E-state index in [2.05, 4.69) is 29.0 Å².